The lowest BCUT2D eigenvalue weighted by molar-refractivity contribution is -0.150. The SMILES string of the molecule is CC(c1ccccc1)N1CC(=O)N(C)CC1=O. The lowest BCUT2D eigenvalue weighted by atomic mass is 10.1. The summed E-state index contributed by atoms with van der Waals surface area (Å²) in [6, 6.07) is 9.71. The van der Waals surface area contributed by atoms with Crippen LogP contribution in [-0.2, 0) is 9.59 Å². The molecular formula is C13H16N2O2. The van der Waals surface area contributed by atoms with Crippen molar-refractivity contribution in [3.05, 3.63) is 35.9 Å². The van der Waals surface area contributed by atoms with Gasteiger partial charge in [-0.3, -0.25) is 9.59 Å². The largest absolute Gasteiger partial charge is 0.335 e. The van der Waals surface area contributed by atoms with E-state index in [0.29, 0.717) is 0 Å². The van der Waals surface area contributed by atoms with Gasteiger partial charge in [0.25, 0.3) is 0 Å². The quantitative estimate of drug-likeness (QED) is 0.764. The fourth-order valence-corrected chi connectivity index (χ4v) is 2.00. The molecule has 4 heteroatoms. The van der Waals surface area contributed by atoms with Crippen LogP contribution in [0.5, 0.6) is 0 Å². The van der Waals surface area contributed by atoms with Gasteiger partial charge in [-0.2, -0.15) is 0 Å². The van der Waals surface area contributed by atoms with Crippen molar-refractivity contribution in [3.63, 3.8) is 0 Å². The summed E-state index contributed by atoms with van der Waals surface area (Å²) in [6.07, 6.45) is 0. The minimum absolute atomic E-state index is 0.00320. The van der Waals surface area contributed by atoms with Crippen molar-refractivity contribution in [2.45, 2.75) is 13.0 Å². The van der Waals surface area contributed by atoms with Crippen molar-refractivity contribution >= 4 is 11.8 Å². The van der Waals surface area contributed by atoms with Gasteiger partial charge in [0, 0.05) is 7.05 Å². The first-order valence-corrected chi connectivity index (χ1v) is 5.68. The molecule has 0 radical (unpaired) electrons. The highest BCUT2D eigenvalue weighted by Gasteiger charge is 2.30. The predicted molar refractivity (Wildman–Crippen MR) is 64.2 cm³/mol. The Morgan fingerprint density at radius 3 is 2.35 bits per heavy atom. The second kappa shape index (κ2) is 4.57. The zero-order chi connectivity index (χ0) is 12.4. The van der Waals surface area contributed by atoms with Gasteiger partial charge in [0.2, 0.25) is 11.8 Å². The maximum absolute atomic E-state index is 11.9. The maximum atomic E-state index is 11.9. The Morgan fingerprint density at radius 1 is 1.06 bits per heavy atom. The van der Waals surface area contributed by atoms with E-state index in [-0.39, 0.29) is 30.9 Å². The van der Waals surface area contributed by atoms with E-state index in [1.807, 2.05) is 37.3 Å². The molecule has 1 aromatic rings. The Morgan fingerprint density at radius 2 is 1.71 bits per heavy atom. The third-order valence-corrected chi connectivity index (χ3v) is 3.17. The predicted octanol–water partition coefficient (Wildman–Crippen LogP) is 1.05. The number of hydrogen-bond donors (Lipinski definition) is 0. The van der Waals surface area contributed by atoms with Gasteiger partial charge in [0.05, 0.1) is 12.6 Å². The van der Waals surface area contributed by atoms with Crippen LogP contribution < -0.4 is 0 Å². The summed E-state index contributed by atoms with van der Waals surface area (Å²) in [5.41, 5.74) is 1.05. The van der Waals surface area contributed by atoms with Gasteiger partial charge in [0.15, 0.2) is 0 Å². The van der Waals surface area contributed by atoms with Crippen LogP contribution in [0.4, 0.5) is 0 Å². The van der Waals surface area contributed by atoms with Gasteiger partial charge < -0.3 is 9.80 Å². The van der Waals surface area contributed by atoms with E-state index in [9.17, 15) is 9.59 Å². The average molecular weight is 232 g/mol. The van der Waals surface area contributed by atoms with Crippen molar-refractivity contribution in [3.8, 4) is 0 Å². The fourth-order valence-electron chi connectivity index (χ4n) is 2.00. The van der Waals surface area contributed by atoms with Gasteiger partial charge in [-0.25, -0.2) is 0 Å². The van der Waals surface area contributed by atoms with Crippen molar-refractivity contribution in [1.82, 2.24) is 9.80 Å². The summed E-state index contributed by atoms with van der Waals surface area (Å²) < 4.78 is 0. The molecule has 1 aromatic carbocycles. The van der Waals surface area contributed by atoms with E-state index in [1.165, 1.54) is 4.90 Å². The molecule has 1 unspecified atom stereocenters. The molecule has 4 nitrogen and oxygen atoms in total. The first kappa shape index (κ1) is 11.6. The fraction of sp³-hybridized carbons (Fsp3) is 0.385. The summed E-state index contributed by atoms with van der Waals surface area (Å²) in [5, 5.41) is 0. The molecule has 0 bridgehead atoms. The van der Waals surface area contributed by atoms with Crippen LogP contribution in [0.1, 0.15) is 18.5 Å². The highest BCUT2D eigenvalue weighted by molar-refractivity contribution is 5.92. The van der Waals surface area contributed by atoms with E-state index in [2.05, 4.69) is 0 Å². The summed E-state index contributed by atoms with van der Waals surface area (Å²) in [7, 11) is 1.66. The number of benzene rings is 1. The van der Waals surface area contributed by atoms with Gasteiger partial charge in [-0.1, -0.05) is 30.3 Å². The Hall–Kier alpha value is -1.84. The van der Waals surface area contributed by atoms with Crippen molar-refractivity contribution in [2.24, 2.45) is 0 Å². The van der Waals surface area contributed by atoms with Gasteiger partial charge in [-0.05, 0) is 12.5 Å². The highest BCUT2D eigenvalue weighted by atomic mass is 16.2. The third-order valence-electron chi connectivity index (χ3n) is 3.17. The topological polar surface area (TPSA) is 40.6 Å². The van der Waals surface area contributed by atoms with Crippen LogP contribution in [0.2, 0.25) is 0 Å². The van der Waals surface area contributed by atoms with Crippen LogP contribution in [0.3, 0.4) is 0 Å². The number of carbonyl (C=O) groups excluding carboxylic acids is 2. The van der Waals surface area contributed by atoms with Crippen LogP contribution >= 0.6 is 0 Å². The second-order valence-electron chi connectivity index (χ2n) is 4.36. The third kappa shape index (κ3) is 2.30. The summed E-state index contributed by atoms with van der Waals surface area (Å²) >= 11 is 0. The van der Waals surface area contributed by atoms with Crippen molar-refractivity contribution in [1.29, 1.82) is 0 Å². The van der Waals surface area contributed by atoms with E-state index < -0.39 is 0 Å². The number of rotatable bonds is 2. The molecule has 1 heterocycles. The molecule has 0 aromatic heterocycles. The zero-order valence-corrected chi connectivity index (χ0v) is 10.1. The Kier molecular flexibility index (Phi) is 3.13. The molecule has 1 aliphatic heterocycles. The van der Waals surface area contributed by atoms with E-state index >= 15 is 0 Å². The van der Waals surface area contributed by atoms with E-state index in [4.69, 9.17) is 0 Å². The highest BCUT2D eigenvalue weighted by Crippen LogP contribution is 2.21. The maximum Gasteiger partial charge on any atom is 0.243 e. The number of piperazine rings is 1. The second-order valence-corrected chi connectivity index (χ2v) is 4.36. The number of likely N-dealkylation sites (N-methyl/N-ethyl adjacent to an activating group) is 1. The van der Waals surface area contributed by atoms with E-state index in [0.717, 1.165) is 5.56 Å². The molecule has 0 spiro atoms. The lowest BCUT2D eigenvalue weighted by Gasteiger charge is -2.35. The molecule has 0 aliphatic carbocycles. The smallest absolute Gasteiger partial charge is 0.243 e. The Labute approximate surface area is 101 Å². The molecule has 2 amide bonds. The van der Waals surface area contributed by atoms with Crippen molar-refractivity contribution < 1.29 is 9.59 Å². The average Bonchev–Trinajstić information content (AvgIpc) is 2.34. The molecule has 0 saturated carbocycles. The minimum Gasteiger partial charge on any atom is -0.335 e. The molecule has 17 heavy (non-hydrogen) atoms. The number of hydrogen-bond acceptors (Lipinski definition) is 2. The number of carbonyl (C=O) groups is 2. The molecule has 90 valence electrons. The molecule has 1 aliphatic rings. The summed E-state index contributed by atoms with van der Waals surface area (Å²) in [4.78, 5) is 26.6. The first-order valence-electron chi connectivity index (χ1n) is 5.68. The number of amides is 2. The van der Waals surface area contributed by atoms with Crippen LogP contribution in [0.15, 0.2) is 30.3 Å². The zero-order valence-electron chi connectivity index (χ0n) is 10.1. The molecule has 0 N–H and O–H groups in total. The van der Waals surface area contributed by atoms with Crippen LogP contribution in [0, 0.1) is 0 Å². The molecule has 1 fully saturated rings. The summed E-state index contributed by atoms with van der Waals surface area (Å²) in [5.74, 6) is -0.00386. The minimum atomic E-state index is -0.0543. The molecule has 1 atom stereocenters. The van der Waals surface area contributed by atoms with Crippen LogP contribution in [-0.4, -0.2) is 41.8 Å². The summed E-state index contributed by atoms with van der Waals surface area (Å²) in [6.45, 7) is 2.30. The normalized spacial score (nSPS) is 18.5. The molecule has 2 rings (SSSR count). The standard InChI is InChI=1S/C13H16N2O2/c1-10(11-6-4-3-5-7-11)15-9-12(16)14(2)8-13(15)17/h3-7,10H,8-9H2,1-2H3. The monoisotopic (exact) mass is 232 g/mol. The van der Waals surface area contributed by atoms with Gasteiger partial charge in [-0.15, -0.1) is 0 Å². The Balaban J connectivity index is 2.17. The van der Waals surface area contributed by atoms with Crippen LogP contribution in [0.25, 0.3) is 0 Å². The molecule has 1 saturated heterocycles. The van der Waals surface area contributed by atoms with E-state index in [1.54, 1.807) is 11.9 Å². The van der Waals surface area contributed by atoms with Gasteiger partial charge in [0.1, 0.15) is 6.54 Å². The van der Waals surface area contributed by atoms with Gasteiger partial charge >= 0.3 is 0 Å². The first-order chi connectivity index (χ1) is 8.09. The number of nitrogens with zero attached hydrogens (tertiary/aromatic N) is 2. The lowest BCUT2D eigenvalue weighted by Crippen LogP contribution is -2.52. The Bertz CT molecular complexity index is 430. The van der Waals surface area contributed by atoms with Crippen molar-refractivity contribution in [2.75, 3.05) is 20.1 Å². The molecular weight excluding hydrogens is 216 g/mol.